The summed E-state index contributed by atoms with van der Waals surface area (Å²) in [5.74, 6) is 0.720. The lowest BCUT2D eigenvalue weighted by atomic mass is 10.0. The zero-order valence-corrected chi connectivity index (χ0v) is 16.1. The number of thiophene rings is 1. The number of rotatable bonds is 7. The Kier molecular flexibility index (Phi) is 6.66. The van der Waals surface area contributed by atoms with Gasteiger partial charge in [-0.3, -0.25) is 9.69 Å². The number of carbonyl (C=O) groups excluding carboxylic acids is 1. The van der Waals surface area contributed by atoms with Gasteiger partial charge < -0.3 is 14.8 Å². The number of hydrogen-bond donors (Lipinski definition) is 1. The van der Waals surface area contributed by atoms with Crippen LogP contribution >= 0.6 is 11.3 Å². The molecule has 2 aromatic rings. The molecule has 2 heterocycles. The minimum absolute atomic E-state index is 0.00850. The van der Waals surface area contributed by atoms with Gasteiger partial charge in [-0.1, -0.05) is 6.07 Å². The number of hydrogen-bond acceptors (Lipinski definition) is 5. The van der Waals surface area contributed by atoms with Crippen molar-refractivity contribution in [2.45, 2.75) is 25.9 Å². The van der Waals surface area contributed by atoms with Crippen LogP contribution in [0.4, 0.5) is 0 Å². The summed E-state index contributed by atoms with van der Waals surface area (Å²) in [4.78, 5) is 16.4. The third-order valence-corrected chi connectivity index (χ3v) is 5.48. The summed E-state index contributed by atoms with van der Waals surface area (Å²) in [7, 11) is 0. The van der Waals surface area contributed by atoms with Gasteiger partial charge in [0.05, 0.1) is 25.9 Å². The van der Waals surface area contributed by atoms with E-state index in [1.165, 1.54) is 4.88 Å². The van der Waals surface area contributed by atoms with Gasteiger partial charge in [0.2, 0.25) is 0 Å². The predicted octanol–water partition coefficient (Wildman–Crippen LogP) is 3.34. The monoisotopic (exact) mass is 374 g/mol. The highest BCUT2D eigenvalue weighted by Gasteiger charge is 2.29. The molecule has 0 saturated carbocycles. The minimum Gasteiger partial charge on any atom is -0.494 e. The van der Waals surface area contributed by atoms with Crippen LogP contribution in [0, 0.1) is 0 Å². The fourth-order valence-electron chi connectivity index (χ4n) is 3.30. The van der Waals surface area contributed by atoms with E-state index in [9.17, 15) is 4.79 Å². The standard InChI is InChI=1S/C20H26N2O3S/c1-3-25-17-8-6-16(7-9-17)20(23)21-15(2)19(18-5-4-14-26-18)22-10-12-24-13-11-22/h4-9,14-15,19H,3,10-13H2,1-2H3,(H,21,23)/t15-,19-/m0/s1. The number of benzene rings is 1. The normalized spacial score (nSPS) is 17.5. The number of ether oxygens (including phenoxy) is 2. The Bertz CT molecular complexity index is 682. The first-order chi connectivity index (χ1) is 12.7. The first kappa shape index (κ1) is 18.9. The SMILES string of the molecule is CCOc1ccc(C(=O)N[C@@H](C)[C@@H](c2cccs2)N2CCOCC2)cc1. The number of nitrogens with one attached hydrogen (secondary N) is 1. The average Bonchev–Trinajstić information content (AvgIpc) is 3.18. The van der Waals surface area contributed by atoms with E-state index in [1.807, 2.05) is 31.2 Å². The summed E-state index contributed by atoms with van der Waals surface area (Å²) in [6.07, 6.45) is 0. The van der Waals surface area contributed by atoms with E-state index in [4.69, 9.17) is 9.47 Å². The Morgan fingerprint density at radius 3 is 2.62 bits per heavy atom. The lowest BCUT2D eigenvalue weighted by Crippen LogP contribution is -2.48. The first-order valence-corrected chi connectivity index (χ1v) is 9.96. The zero-order chi connectivity index (χ0) is 18.4. The third kappa shape index (κ3) is 4.63. The van der Waals surface area contributed by atoms with Crippen LogP contribution in [0.15, 0.2) is 41.8 Å². The maximum Gasteiger partial charge on any atom is 0.251 e. The second-order valence-electron chi connectivity index (χ2n) is 6.33. The highest BCUT2D eigenvalue weighted by Crippen LogP contribution is 2.29. The minimum atomic E-state index is -0.0598. The van der Waals surface area contributed by atoms with Crippen LogP contribution in [0.2, 0.25) is 0 Å². The molecule has 26 heavy (non-hydrogen) atoms. The van der Waals surface area contributed by atoms with E-state index in [2.05, 4.69) is 34.7 Å². The molecule has 1 aliphatic rings. The van der Waals surface area contributed by atoms with Gasteiger partial charge in [-0.25, -0.2) is 0 Å². The highest BCUT2D eigenvalue weighted by molar-refractivity contribution is 7.10. The molecule has 0 unspecified atom stereocenters. The lowest BCUT2D eigenvalue weighted by molar-refractivity contribution is 0.00969. The van der Waals surface area contributed by atoms with Crippen LogP contribution in [0.1, 0.15) is 35.1 Å². The smallest absolute Gasteiger partial charge is 0.251 e. The molecule has 6 heteroatoms. The van der Waals surface area contributed by atoms with Crippen molar-refractivity contribution in [1.82, 2.24) is 10.2 Å². The molecule has 2 atom stereocenters. The summed E-state index contributed by atoms with van der Waals surface area (Å²) in [5, 5.41) is 5.26. The molecule has 1 fully saturated rings. The number of amides is 1. The van der Waals surface area contributed by atoms with E-state index in [0.717, 1.165) is 32.1 Å². The molecule has 0 radical (unpaired) electrons. The van der Waals surface area contributed by atoms with Crippen molar-refractivity contribution in [3.05, 3.63) is 52.2 Å². The maximum atomic E-state index is 12.7. The van der Waals surface area contributed by atoms with Crippen molar-refractivity contribution in [2.24, 2.45) is 0 Å². The first-order valence-electron chi connectivity index (χ1n) is 9.08. The number of carbonyl (C=O) groups is 1. The molecule has 1 aromatic carbocycles. The molecular formula is C20H26N2O3S. The van der Waals surface area contributed by atoms with E-state index >= 15 is 0 Å². The number of morpholine rings is 1. The van der Waals surface area contributed by atoms with Crippen LogP contribution < -0.4 is 10.1 Å². The van der Waals surface area contributed by atoms with Crippen LogP contribution in [0.5, 0.6) is 5.75 Å². The van der Waals surface area contributed by atoms with E-state index in [0.29, 0.717) is 12.2 Å². The maximum absolute atomic E-state index is 12.7. The van der Waals surface area contributed by atoms with Gasteiger partial charge in [-0.05, 0) is 49.6 Å². The highest BCUT2D eigenvalue weighted by atomic mass is 32.1. The Hall–Kier alpha value is -1.89. The van der Waals surface area contributed by atoms with E-state index in [1.54, 1.807) is 11.3 Å². The second kappa shape index (κ2) is 9.16. The van der Waals surface area contributed by atoms with Crippen LogP contribution in [0.25, 0.3) is 0 Å². The van der Waals surface area contributed by atoms with Crippen LogP contribution in [0.3, 0.4) is 0 Å². The Balaban J connectivity index is 1.70. The van der Waals surface area contributed by atoms with E-state index in [-0.39, 0.29) is 18.0 Å². The lowest BCUT2D eigenvalue weighted by Gasteiger charge is -2.37. The predicted molar refractivity (Wildman–Crippen MR) is 104 cm³/mol. The fraction of sp³-hybridized carbons (Fsp3) is 0.450. The topological polar surface area (TPSA) is 50.8 Å². The third-order valence-electron chi connectivity index (χ3n) is 4.53. The molecule has 1 aromatic heterocycles. The van der Waals surface area contributed by atoms with Gasteiger partial charge in [0, 0.05) is 29.6 Å². The van der Waals surface area contributed by atoms with Crippen molar-refractivity contribution in [3.63, 3.8) is 0 Å². The van der Waals surface area contributed by atoms with Crippen molar-refractivity contribution in [2.75, 3.05) is 32.9 Å². The molecule has 1 N–H and O–H groups in total. The molecule has 1 amide bonds. The zero-order valence-electron chi connectivity index (χ0n) is 15.3. The molecule has 1 saturated heterocycles. The largest absolute Gasteiger partial charge is 0.494 e. The van der Waals surface area contributed by atoms with Gasteiger partial charge in [-0.15, -0.1) is 11.3 Å². The van der Waals surface area contributed by atoms with Crippen LogP contribution in [-0.4, -0.2) is 49.8 Å². The Morgan fingerprint density at radius 1 is 1.27 bits per heavy atom. The van der Waals surface area contributed by atoms with Gasteiger partial charge >= 0.3 is 0 Å². The Morgan fingerprint density at radius 2 is 2.00 bits per heavy atom. The summed E-state index contributed by atoms with van der Waals surface area (Å²) >= 11 is 1.73. The Labute approximate surface area is 158 Å². The molecule has 140 valence electrons. The summed E-state index contributed by atoms with van der Waals surface area (Å²) < 4.78 is 10.9. The molecule has 5 nitrogen and oxygen atoms in total. The molecule has 0 bridgehead atoms. The second-order valence-corrected chi connectivity index (χ2v) is 7.31. The summed E-state index contributed by atoms with van der Waals surface area (Å²) in [5.41, 5.74) is 0.646. The number of nitrogens with zero attached hydrogens (tertiary/aromatic N) is 1. The quantitative estimate of drug-likeness (QED) is 0.808. The van der Waals surface area contributed by atoms with Gasteiger partial charge in [0.1, 0.15) is 5.75 Å². The van der Waals surface area contributed by atoms with E-state index < -0.39 is 0 Å². The molecule has 0 aliphatic carbocycles. The van der Waals surface area contributed by atoms with Gasteiger partial charge in [0.25, 0.3) is 5.91 Å². The summed E-state index contributed by atoms with van der Waals surface area (Å²) in [6.45, 7) is 7.87. The molecule has 1 aliphatic heterocycles. The molecule has 0 spiro atoms. The molecule has 3 rings (SSSR count). The van der Waals surface area contributed by atoms with Crippen LogP contribution in [-0.2, 0) is 4.74 Å². The van der Waals surface area contributed by atoms with Crippen molar-refractivity contribution in [1.29, 1.82) is 0 Å². The summed E-state index contributed by atoms with van der Waals surface area (Å²) in [6, 6.07) is 11.6. The van der Waals surface area contributed by atoms with Crippen molar-refractivity contribution >= 4 is 17.2 Å². The van der Waals surface area contributed by atoms with Gasteiger partial charge in [-0.2, -0.15) is 0 Å². The van der Waals surface area contributed by atoms with Crippen molar-refractivity contribution in [3.8, 4) is 5.75 Å². The average molecular weight is 375 g/mol. The molecular weight excluding hydrogens is 348 g/mol. The fourth-order valence-corrected chi connectivity index (χ4v) is 4.26. The van der Waals surface area contributed by atoms with Crippen molar-refractivity contribution < 1.29 is 14.3 Å². The van der Waals surface area contributed by atoms with Gasteiger partial charge in [0.15, 0.2) is 0 Å².